The number of aliphatic hydroxyl groups excluding tert-OH is 1. The largest absolute Gasteiger partial charge is 0.398 e. The first-order chi connectivity index (χ1) is 16.7. The molecule has 0 bridgehead atoms. The van der Waals surface area contributed by atoms with E-state index < -0.39 is 30.7 Å². The van der Waals surface area contributed by atoms with Crippen molar-refractivity contribution >= 4 is 16.6 Å². The van der Waals surface area contributed by atoms with E-state index in [0.29, 0.717) is 24.1 Å². The molecule has 1 fully saturated rings. The van der Waals surface area contributed by atoms with Crippen molar-refractivity contribution in [2.45, 2.75) is 38.9 Å². The van der Waals surface area contributed by atoms with Gasteiger partial charge in [-0.3, -0.25) is 4.79 Å². The van der Waals surface area contributed by atoms with Crippen molar-refractivity contribution in [3.8, 4) is 0 Å². The Kier molecular flexibility index (Phi) is 7.24. The fourth-order valence-corrected chi connectivity index (χ4v) is 5.22. The van der Waals surface area contributed by atoms with E-state index in [4.69, 9.17) is 4.74 Å². The maximum Gasteiger partial charge on any atom is 0.398 e. The van der Waals surface area contributed by atoms with Crippen LogP contribution >= 0.6 is 0 Å². The topological polar surface area (TPSA) is 54.7 Å². The van der Waals surface area contributed by atoms with E-state index in [0.717, 1.165) is 29.9 Å². The second kappa shape index (κ2) is 10.0. The Labute approximate surface area is 202 Å². The summed E-state index contributed by atoms with van der Waals surface area (Å²) < 4.78 is 50.8. The average molecular weight is 489 g/mol. The van der Waals surface area contributed by atoms with Crippen molar-refractivity contribution in [3.63, 3.8) is 0 Å². The number of hydrogen-bond acceptors (Lipinski definition) is 4. The van der Waals surface area contributed by atoms with Crippen LogP contribution in [0.3, 0.4) is 0 Å². The van der Waals surface area contributed by atoms with Gasteiger partial charge in [-0.25, -0.2) is 0 Å². The summed E-state index contributed by atoms with van der Waals surface area (Å²) in [7, 11) is 0. The standard InChI is InChI=1S/C27H31F3N2O3/c1-19(21-7-5-9-23(20(21)2)31-12-14-35-15-13-31)16-26(18-33,27(28,29)30)17-32-11-10-25(34)22-6-3-4-8-24(22)32/h3-11,19,33H,12-18H2,1-2H3. The van der Waals surface area contributed by atoms with Gasteiger partial charge in [-0.2, -0.15) is 13.2 Å². The van der Waals surface area contributed by atoms with Crippen LogP contribution in [-0.2, 0) is 11.3 Å². The number of anilines is 1. The van der Waals surface area contributed by atoms with Gasteiger partial charge in [0.05, 0.1) is 25.3 Å². The molecule has 1 aliphatic rings. The number of aromatic nitrogens is 1. The van der Waals surface area contributed by atoms with Crippen LogP contribution < -0.4 is 10.3 Å². The summed E-state index contributed by atoms with van der Waals surface area (Å²) >= 11 is 0. The van der Waals surface area contributed by atoms with Crippen molar-refractivity contribution in [2.24, 2.45) is 5.41 Å². The number of fused-ring (bicyclic) bond motifs is 1. The molecule has 2 aromatic carbocycles. The highest BCUT2D eigenvalue weighted by Crippen LogP contribution is 2.47. The first-order valence-electron chi connectivity index (χ1n) is 11.8. The molecule has 2 heterocycles. The second-order valence-electron chi connectivity index (χ2n) is 9.46. The zero-order chi connectivity index (χ0) is 25.2. The molecule has 1 N–H and O–H groups in total. The number of rotatable bonds is 7. The van der Waals surface area contributed by atoms with Gasteiger partial charge < -0.3 is 19.3 Å². The van der Waals surface area contributed by atoms with Gasteiger partial charge in [-0.15, -0.1) is 0 Å². The van der Waals surface area contributed by atoms with Crippen LogP contribution in [-0.4, -0.2) is 48.8 Å². The maximum absolute atomic E-state index is 14.6. The van der Waals surface area contributed by atoms with E-state index in [1.54, 1.807) is 31.2 Å². The van der Waals surface area contributed by atoms with Gasteiger partial charge in [0, 0.05) is 43.0 Å². The summed E-state index contributed by atoms with van der Waals surface area (Å²) in [6.45, 7) is 4.90. The average Bonchev–Trinajstić information content (AvgIpc) is 2.85. The number of ether oxygens (including phenoxy) is 1. The Balaban J connectivity index is 1.70. The summed E-state index contributed by atoms with van der Waals surface area (Å²) in [6, 6.07) is 13.6. The van der Waals surface area contributed by atoms with Crippen molar-refractivity contribution in [1.82, 2.24) is 4.57 Å². The number of nitrogens with zero attached hydrogens (tertiary/aromatic N) is 2. The molecule has 1 saturated heterocycles. The lowest BCUT2D eigenvalue weighted by atomic mass is 9.76. The smallest absolute Gasteiger partial charge is 0.395 e. The van der Waals surface area contributed by atoms with E-state index in [1.165, 1.54) is 16.8 Å². The molecule has 0 amide bonds. The molecule has 2 atom stereocenters. The Morgan fingerprint density at radius 2 is 1.77 bits per heavy atom. The molecule has 2 unspecified atom stereocenters. The first kappa shape index (κ1) is 25.3. The molecule has 188 valence electrons. The quantitative estimate of drug-likeness (QED) is 0.515. The summed E-state index contributed by atoms with van der Waals surface area (Å²) in [5.74, 6) is -0.463. The minimum atomic E-state index is -4.66. The van der Waals surface area contributed by atoms with Crippen molar-refractivity contribution in [1.29, 1.82) is 0 Å². The van der Waals surface area contributed by atoms with Crippen LogP contribution in [0.5, 0.6) is 0 Å². The van der Waals surface area contributed by atoms with Crippen molar-refractivity contribution < 1.29 is 23.0 Å². The summed E-state index contributed by atoms with van der Waals surface area (Å²) in [5.41, 5.74) is 0.574. The molecule has 4 rings (SSSR count). The second-order valence-corrected chi connectivity index (χ2v) is 9.46. The molecule has 0 aliphatic carbocycles. The van der Waals surface area contributed by atoms with Gasteiger partial charge in [0.2, 0.25) is 0 Å². The SMILES string of the molecule is Cc1c(C(C)CC(CO)(Cn2ccc(=O)c3ccccc32)C(F)(F)F)cccc1N1CCOCC1. The van der Waals surface area contributed by atoms with Gasteiger partial charge in [-0.1, -0.05) is 31.2 Å². The third kappa shape index (κ3) is 4.95. The van der Waals surface area contributed by atoms with E-state index in [1.807, 2.05) is 25.1 Å². The predicted molar refractivity (Wildman–Crippen MR) is 131 cm³/mol. The highest BCUT2D eigenvalue weighted by molar-refractivity contribution is 5.78. The molecule has 1 aromatic heterocycles. The van der Waals surface area contributed by atoms with Crippen molar-refractivity contribution in [3.05, 3.63) is 76.1 Å². The van der Waals surface area contributed by atoms with E-state index in [9.17, 15) is 23.1 Å². The van der Waals surface area contributed by atoms with Crippen molar-refractivity contribution in [2.75, 3.05) is 37.8 Å². The summed E-state index contributed by atoms with van der Waals surface area (Å²) in [4.78, 5) is 14.4. The fraction of sp³-hybridized carbons (Fsp3) is 0.444. The molecule has 3 aromatic rings. The highest BCUT2D eigenvalue weighted by atomic mass is 19.4. The number of alkyl halides is 3. The van der Waals surface area contributed by atoms with Crippen LogP contribution in [0, 0.1) is 12.3 Å². The number of aliphatic hydroxyl groups is 1. The number of pyridine rings is 1. The number of halogens is 3. The van der Waals surface area contributed by atoms with Crippen LogP contribution in [0.1, 0.15) is 30.4 Å². The molecule has 0 radical (unpaired) electrons. The molecule has 1 aliphatic heterocycles. The third-order valence-corrected chi connectivity index (χ3v) is 7.19. The third-order valence-electron chi connectivity index (χ3n) is 7.19. The van der Waals surface area contributed by atoms with Crippen LogP contribution in [0.2, 0.25) is 0 Å². The Hall–Kier alpha value is -2.84. The molecule has 0 spiro atoms. The lowest BCUT2D eigenvalue weighted by Crippen LogP contribution is -2.46. The van der Waals surface area contributed by atoms with Gasteiger partial charge >= 0.3 is 6.18 Å². The number of hydrogen-bond donors (Lipinski definition) is 1. The monoisotopic (exact) mass is 488 g/mol. The first-order valence-corrected chi connectivity index (χ1v) is 11.8. The number of benzene rings is 2. The molecular weight excluding hydrogens is 457 g/mol. The Morgan fingerprint density at radius 3 is 2.46 bits per heavy atom. The lowest BCUT2D eigenvalue weighted by molar-refractivity contribution is -0.244. The van der Waals surface area contributed by atoms with E-state index in [-0.39, 0.29) is 11.8 Å². The molecule has 8 heteroatoms. The number of para-hydroxylation sites is 1. The normalized spacial score (nSPS) is 17.4. The Morgan fingerprint density at radius 1 is 1.06 bits per heavy atom. The molecular formula is C27H31F3N2O3. The minimum absolute atomic E-state index is 0.248. The van der Waals surface area contributed by atoms with Crippen LogP contribution in [0.15, 0.2) is 59.5 Å². The summed E-state index contributed by atoms with van der Waals surface area (Å²) in [5, 5.41) is 10.6. The number of morpholine rings is 1. The zero-order valence-electron chi connectivity index (χ0n) is 20.0. The van der Waals surface area contributed by atoms with E-state index >= 15 is 0 Å². The molecule has 5 nitrogen and oxygen atoms in total. The van der Waals surface area contributed by atoms with Crippen LogP contribution in [0.25, 0.3) is 10.9 Å². The van der Waals surface area contributed by atoms with Gasteiger partial charge in [0.25, 0.3) is 0 Å². The van der Waals surface area contributed by atoms with Gasteiger partial charge in [-0.05, 0) is 48.6 Å². The minimum Gasteiger partial charge on any atom is -0.395 e. The Bertz CT molecular complexity index is 1230. The summed E-state index contributed by atoms with van der Waals surface area (Å²) in [6.07, 6.45) is -3.56. The lowest BCUT2D eigenvalue weighted by Gasteiger charge is -2.38. The maximum atomic E-state index is 14.6. The zero-order valence-corrected chi connectivity index (χ0v) is 20.0. The highest BCUT2D eigenvalue weighted by Gasteiger charge is 2.55. The van der Waals surface area contributed by atoms with Gasteiger partial charge in [0.15, 0.2) is 5.43 Å². The van der Waals surface area contributed by atoms with Gasteiger partial charge in [0.1, 0.15) is 5.41 Å². The van der Waals surface area contributed by atoms with E-state index in [2.05, 4.69) is 4.90 Å². The molecule has 35 heavy (non-hydrogen) atoms. The predicted octanol–water partition coefficient (Wildman–Crippen LogP) is 4.88. The van der Waals surface area contributed by atoms with Crippen LogP contribution in [0.4, 0.5) is 18.9 Å². The fourth-order valence-electron chi connectivity index (χ4n) is 5.22. The molecule has 0 saturated carbocycles.